The third-order valence-corrected chi connectivity index (χ3v) is 6.01. The molecule has 0 saturated heterocycles. The van der Waals surface area contributed by atoms with Gasteiger partial charge in [0.15, 0.2) is 0 Å². The largest absolute Gasteiger partial charge is 0.244 e. The van der Waals surface area contributed by atoms with Crippen molar-refractivity contribution in [3.05, 3.63) is 0 Å². The van der Waals surface area contributed by atoms with E-state index in [9.17, 15) is 4.39 Å². The van der Waals surface area contributed by atoms with Crippen LogP contribution in [0.3, 0.4) is 0 Å². The molecule has 4 rings (SSSR count). The summed E-state index contributed by atoms with van der Waals surface area (Å²) in [6.07, 6.45) is 6.67. The standard InChI is InChI=1S/C11H16FI/c12-11-4-8-1-9(5-11)3-10(2-8,6-11)7-13/h8-9H,1-7H2. The first-order valence-electron chi connectivity index (χ1n) is 5.38. The molecule has 0 spiro atoms. The zero-order valence-corrected chi connectivity index (χ0v) is 10.0. The van der Waals surface area contributed by atoms with Crippen LogP contribution in [-0.4, -0.2) is 10.1 Å². The van der Waals surface area contributed by atoms with E-state index in [0.717, 1.165) is 31.1 Å². The summed E-state index contributed by atoms with van der Waals surface area (Å²) in [6, 6.07) is 0. The van der Waals surface area contributed by atoms with Gasteiger partial charge in [0.05, 0.1) is 0 Å². The molecule has 4 aliphatic rings. The van der Waals surface area contributed by atoms with Crippen LogP contribution in [-0.2, 0) is 0 Å². The molecule has 4 aliphatic carbocycles. The van der Waals surface area contributed by atoms with Crippen LogP contribution in [0.2, 0.25) is 0 Å². The fourth-order valence-corrected chi connectivity index (χ4v) is 5.38. The van der Waals surface area contributed by atoms with Crippen molar-refractivity contribution < 1.29 is 4.39 Å². The van der Waals surface area contributed by atoms with Crippen molar-refractivity contribution in [3.8, 4) is 0 Å². The second-order valence-electron chi connectivity index (χ2n) is 5.75. The topological polar surface area (TPSA) is 0 Å². The van der Waals surface area contributed by atoms with Crippen molar-refractivity contribution in [1.29, 1.82) is 0 Å². The van der Waals surface area contributed by atoms with E-state index in [1.54, 1.807) is 0 Å². The van der Waals surface area contributed by atoms with Crippen LogP contribution < -0.4 is 0 Å². The van der Waals surface area contributed by atoms with Gasteiger partial charge in [-0.15, -0.1) is 0 Å². The van der Waals surface area contributed by atoms with Gasteiger partial charge in [-0.2, -0.15) is 0 Å². The average molecular weight is 294 g/mol. The lowest BCUT2D eigenvalue weighted by Crippen LogP contribution is -2.54. The molecule has 0 aromatic rings. The fraction of sp³-hybridized carbons (Fsp3) is 1.00. The van der Waals surface area contributed by atoms with Crippen LogP contribution in [0, 0.1) is 17.3 Å². The Labute approximate surface area is 92.8 Å². The maximum Gasteiger partial charge on any atom is 0.112 e. The smallest absolute Gasteiger partial charge is 0.112 e. The van der Waals surface area contributed by atoms with Gasteiger partial charge in [-0.25, -0.2) is 4.39 Å². The highest BCUT2D eigenvalue weighted by atomic mass is 127. The van der Waals surface area contributed by atoms with E-state index in [0.29, 0.717) is 5.41 Å². The van der Waals surface area contributed by atoms with E-state index in [4.69, 9.17) is 0 Å². The summed E-state index contributed by atoms with van der Waals surface area (Å²) >= 11 is 2.47. The summed E-state index contributed by atoms with van der Waals surface area (Å²) in [4.78, 5) is 0. The molecule has 0 amide bonds. The van der Waals surface area contributed by atoms with Gasteiger partial charge in [0.25, 0.3) is 0 Å². The van der Waals surface area contributed by atoms with E-state index in [1.165, 1.54) is 23.7 Å². The summed E-state index contributed by atoms with van der Waals surface area (Å²) in [7, 11) is 0. The zero-order valence-electron chi connectivity index (χ0n) is 7.86. The Kier molecular flexibility index (Phi) is 1.80. The van der Waals surface area contributed by atoms with Crippen molar-refractivity contribution in [2.24, 2.45) is 17.3 Å². The molecule has 0 aromatic carbocycles. The van der Waals surface area contributed by atoms with Crippen LogP contribution in [0.15, 0.2) is 0 Å². The summed E-state index contributed by atoms with van der Waals surface area (Å²) < 4.78 is 15.5. The highest BCUT2D eigenvalue weighted by molar-refractivity contribution is 14.1. The number of halogens is 2. The van der Waals surface area contributed by atoms with Gasteiger partial charge in [0.2, 0.25) is 0 Å². The monoisotopic (exact) mass is 294 g/mol. The van der Waals surface area contributed by atoms with Crippen molar-refractivity contribution in [3.63, 3.8) is 0 Å². The molecule has 13 heavy (non-hydrogen) atoms. The maximum absolute atomic E-state index is 14.3. The third-order valence-electron chi connectivity index (χ3n) is 4.39. The molecule has 0 heterocycles. The molecule has 0 radical (unpaired) electrons. The normalized spacial score (nSPS) is 58.6. The van der Waals surface area contributed by atoms with Gasteiger partial charge < -0.3 is 0 Å². The molecule has 2 unspecified atom stereocenters. The van der Waals surface area contributed by atoms with Crippen LogP contribution in [0.25, 0.3) is 0 Å². The molecular formula is C11H16FI. The van der Waals surface area contributed by atoms with Gasteiger partial charge in [-0.05, 0) is 55.8 Å². The number of hydrogen-bond donors (Lipinski definition) is 0. The lowest BCUT2D eigenvalue weighted by Gasteiger charge is -2.58. The van der Waals surface area contributed by atoms with E-state index >= 15 is 0 Å². The third kappa shape index (κ3) is 1.27. The molecule has 4 saturated carbocycles. The van der Waals surface area contributed by atoms with Crippen molar-refractivity contribution in [2.75, 3.05) is 4.43 Å². The number of alkyl halides is 2. The first-order valence-corrected chi connectivity index (χ1v) is 6.91. The first kappa shape index (κ1) is 8.93. The molecule has 4 fully saturated rings. The Hall–Kier alpha value is 0.660. The lowest BCUT2D eigenvalue weighted by molar-refractivity contribution is -0.112. The van der Waals surface area contributed by atoms with Crippen LogP contribution >= 0.6 is 22.6 Å². The van der Waals surface area contributed by atoms with E-state index < -0.39 is 5.67 Å². The molecule has 74 valence electrons. The predicted molar refractivity (Wildman–Crippen MR) is 59.8 cm³/mol. The lowest BCUT2D eigenvalue weighted by atomic mass is 9.49. The summed E-state index contributed by atoms with van der Waals surface area (Å²) in [6.45, 7) is 0. The molecule has 2 heteroatoms. The quantitative estimate of drug-likeness (QED) is 0.510. The Morgan fingerprint density at radius 3 is 2.23 bits per heavy atom. The minimum absolute atomic E-state index is 0.416. The van der Waals surface area contributed by atoms with E-state index in [1.807, 2.05) is 0 Å². The van der Waals surface area contributed by atoms with Crippen molar-refractivity contribution in [1.82, 2.24) is 0 Å². The summed E-state index contributed by atoms with van der Waals surface area (Å²) in [5.41, 5.74) is -0.325. The molecule has 0 aliphatic heterocycles. The van der Waals surface area contributed by atoms with E-state index in [2.05, 4.69) is 22.6 Å². The molecule has 0 nitrogen and oxygen atoms in total. The SMILES string of the molecule is FC12CC3CC(C1)CC(CI)(C3)C2. The second-order valence-corrected chi connectivity index (χ2v) is 6.51. The minimum atomic E-state index is -0.741. The zero-order chi connectivity index (χ0) is 9.10. The Morgan fingerprint density at radius 1 is 1.15 bits per heavy atom. The Bertz CT molecular complexity index is 224. The molecule has 0 aromatic heterocycles. The van der Waals surface area contributed by atoms with Gasteiger partial charge >= 0.3 is 0 Å². The van der Waals surface area contributed by atoms with Gasteiger partial charge in [-0.1, -0.05) is 22.6 Å². The first-order chi connectivity index (χ1) is 6.13. The molecular weight excluding hydrogens is 278 g/mol. The van der Waals surface area contributed by atoms with Crippen LogP contribution in [0.4, 0.5) is 4.39 Å². The number of hydrogen-bond acceptors (Lipinski definition) is 0. The highest BCUT2D eigenvalue weighted by Gasteiger charge is 2.57. The predicted octanol–water partition coefficient (Wildman–Crippen LogP) is 3.73. The van der Waals surface area contributed by atoms with E-state index in [-0.39, 0.29) is 0 Å². The maximum atomic E-state index is 14.3. The molecule has 0 N–H and O–H groups in total. The minimum Gasteiger partial charge on any atom is -0.244 e. The Balaban J connectivity index is 1.95. The average Bonchev–Trinajstić information content (AvgIpc) is 1.99. The van der Waals surface area contributed by atoms with Gasteiger partial charge in [0, 0.05) is 4.43 Å². The molecule has 4 bridgehead atoms. The second kappa shape index (κ2) is 2.61. The highest BCUT2D eigenvalue weighted by Crippen LogP contribution is 2.63. The summed E-state index contributed by atoms with van der Waals surface area (Å²) in [5, 5.41) is 0. The summed E-state index contributed by atoms with van der Waals surface area (Å²) in [5.74, 6) is 1.47. The van der Waals surface area contributed by atoms with Crippen molar-refractivity contribution >= 4 is 22.6 Å². The Morgan fingerprint density at radius 2 is 1.77 bits per heavy atom. The molecule has 2 atom stereocenters. The fourth-order valence-electron chi connectivity index (χ4n) is 4.49. The van der Waals surface area contributed by atoms with Crippen LogP contribution in [0.5, 0.6) is 0 Å². The van der Waals surface area contributed by atoms with Crippen LogP contribution in [0.1, 0.15) is 38.5 Å². The van der Waals surface area contributed by atoms with Crippen molar-refractivity contribution in [2.45, 2.75) is 44.2 Å². The van der Waals surface area contributed by atoms with Gasteiger partial charge in [0.1, 0.15) is 5.67 Å². The van der Waals surface area contributed by atoms with Gasteiger partial charge in [-0.3, -0.25) is 0 Å². The number of rotatable bonds is 1.